The molecule has 0 N–H and O–H groups in total. The number of hydrogen-bond acceptors (Lipinski definition) is 3. The van der Waals surface area contributed by atoms with E-state index in [0.717, 1.165) is 6.42 Å². The first-order valence-corrected chi connectivity index (χ1v) is 7.58. The van der Waals surface area contributed by atoms with Crippen LogP contribution < -0.4 is 9.47 Å². The highest BCUT2D eigenvalue weighted by Gasteiger charge is 2.15. The molecule has 0 saturated heterocycles. The first-order valence-electron chi connectivity index (χ1n) is 7.20. The van der Waals surface area contributed by atoms with Crippen LogP contribution in [-0.2, 0) is 0 Å². The Kier molecular flexibility index (Phi) is 4.63. The van der Waals surface area contributed by atoms with Crippen LogP contribution in [0, 0.1) is 5.82 Å². The molecule has 1 heterocycles. The predicted octanol–water partition coefficient (Wildman–Crippen LogP) is 4.54. The molecule has 0 atom stereocenters. The van der Waals surface area contributed by atoms with Crippen molar-refractivity contribution in [1.82, 2.24) is 0 Å². The predicted molar refractivity (Wildman–Crippen MR) is 86.8 cm³/mol. The zero-order valence-corrected chi connectivity index (χ0v) is 13.0. The number of ketones is 1. The third-order valence-corrected chi connectivity index (χ3v) is 3.64. The van der Waals surface area contributed by atoms with Gasteiger partial charge in [0.05, 0.1) is 18.2 Å². The van der Waals surface area contributed by atoms with Crippen molar-refractivity contribution in [2.45, 2.75) is 6.42 Å². The fourth-order valence-corrected chi connectivity index (χ4v) is 2.53. The van der Waals surface area contributed by atoms with Crippen LogP contribution in [0.25, 0.3) is 6.08 Å². The zero-order chi connectivity index (χ0) is 16.2. The number of carbonyl (C=O) groups excluding carboxylic acids is 1. The highest BCUT2D eigenvalue weighted by atomic mass is 35.5. The molecule has 3 rings (SSSR count). The van der Waals surface area contributed by atoms with Crippen LogP contribution >= 0.6 is 11.6 Å². The molecular weight excluding hydrogens is 319 g/mol. The summed E-state index contributed by atoms with van der Waals surface area (Å²) in [6.07, 6.45) is 3.78. The molecule has 0 aromatic heterocycles. The molecule has 3 nitrogen and oxygen atoms in total. The van der Waals surface area contributed by atoms with Crippen LogP contribution in [0.4, 0.5) is 4.39 Å². The van der Waals surface area contributed by atoms with E-state index in [-0.39, 0.29) is 5.78 Å². The van der Waals surface area contributed by atoms with Gasteiger partial charge in [0.1, 0.15) is 5.82 Å². The molecule has 0 bridgehead atoms. The average Bonchev–Trinajstić information content (AvgIpc) is 2.78. The number of rotatable bonds is 3. The summed E-state index contributed by atoms with van der Waals surface area (Å²) in [6, 6.07) is 9.03. The SMILES string of the molecule is O=C(/C=C/c1cc(Cl)c2c(c1)OCCCO2)c1cccc(F)c1. The van der Waals surface area contributed by atoms with Gasteiger partial charge in [-0.2, -0.15) is 0 Å². The number of fused-ring (bicyclic) bond motifs is 1. The Morgan fingerprint density at radius 2 is 2.00 bits per heavy atom. The molecule has 1 aliphatic heterocycles. The third kappa shape index (κ3) is 3.71. The molecule has 23 heavy (non-hydrogen) atoms. The van der Waals surface area contributed by atoms with Crippen LogP contribution in [0.3, 0.4) is 0 Å². The summed E-state index contributed by atoms with van der Waals surface area (Å²) in [7, 11) is 0. The van der Waals surface area contributed by atoms with Crippen molar-refractivity contribution in [3.63, 3.8) is 0 Å². The summed E-state index contributed by atoms with van der Waals surface area (Å²) in [5.74, 6) is 0.362. The van der Waals surface area contributed by atoms with Crippen molar-refractivity contribution >= 4 is 23.5 Å². The Balaban J connectivity index is 1.84. The number of hydrogen-bond donors (Lipinski definition) is 0. The zero-order valence-electron chi connectivity index (χ0n) is 12.2. The number of allylic oxidation sites excluding steroid dienone is 1. The Morgan fingerprint density at radius 1 is 1.17 bits per heavy atom. The summed E-state index contributed by atoms with van der Waals surface area (Å²) in [5.41, 5.74) is 1.01. The minimum atomic E-state index is -0.442. The lowest BCUT2D eigenvalue weighted by molar-refractivity contribution is 0.104. The first-order chi connectivity index (χ1) is 11.1. The molecule has 0 saturated carbocycles. The van der Waals surface area contributed by atoms with Crippen LogP contribution in [0.5, 0.6) is 11.5 Å². The van der Waals surface area contributed by atoms with Gasteiger partial charge in [-0.15, -0.1) is 0 Å². The Morgan fingerprint density at radius 3 is 2.83 bits per heavy atom. The van der Waals surface area contributed by atoms with Gasteiger partial charge >= 0.3 is 0 Å². The minimum absolute atomic E-state index is 0.285. The van der Waals surface area contributed by atoms with E-state index in [4.69, 9.17) is 21.1 Å². The van der Waals surface area contributed by atoms with Crippen molar-refractivity contribution in [3.8, 4) is 11.5 Å². The summed E-state index contributed by atoms with van der Waals surface area (Å²) < 4.78 is 24.3. The van der Waals surface area contributed by atoms with Gasteiger partial charge in [-0.25, -0.2) is 4.39 Å². The molecule has 0 fully saturated rings. The molecule has 118 valence electrons. The van der Waals surface area contributed by atoms with E-state index in [2.05, 4.69) is 0 Å². The van der Waals surface area contributed by atoms with E-state index in [0.29, 0.717) is 40.9 Å². The van der Waals surface area contributed by atoms with Gasteiger partial charge in [0, 0.05) is 12.0 Å². The maximum atomic E-state index is 13.1. The van der Waals surface area contributed by atoms with E-state index in [9.17, 15) is 9.18 Å². The van der Waals surface area contributed by atoms with Gasteiger partial charge in [-0.3, -0.25) is 4.79 Å². The van der Waals surface area contributed by atoms with E-state index in [1.807, 2.05) is 0 Å². The quantitative estimate of drug-likeness (QED) is 0.611. The molecule has 2 aromatic rings. The second kappa shape index (κ2) is 6.84. The van der Waals surface area contributed by atoms with Gasteiger partial charge in [0.15, 0.2) is 17.3 Å². The topological polar surface area (TPSA) is 35.5 Å². The molecule has 0 aliphatic carbocycles. The van der Waals surface area contributed by atoms with Gasteiger partial charge in [0.25, 0.3) is 0 Å². The normalized spacial score (nSPS) is 13.8. The van der Waals surface area contributed by atoms with Crippen molar-refractivity contribution in [2.24, 2.45) is 0 Å². The van der Waals surface area contributed by atoms with Gasteiger partial charge in [-0.05, 0) is 35.9 Å². The van der Waals surface area contributed by atoms with E-state index in [1.54, 1.807) is 24.3 Å². The summed E-state index contributed by atoms with van der Waals surface area (Å²) >= 11 is 6.20. The Hall–Kier alpha value is -2.33. The van der Waals surface area contributed by atoms with Crippen LogP contribution in [0.1, 0.15) is 22.3 Å². The molecule has 0 amide bonds. The van der Waals surface area contributed by atoms with Gasteiger partial charge in [0.2, 0.25) is 0 Å². The molecule has 0 unspecified atom stereocenters. The maximum absolute atomic E-state index is 13.1. The second-order valence-electron chi connectivity index (χ2n) is 5.09. The van der Waals surface area contributed by atoms with E-state index >= 15 is 0 Å². The maximum Gasteiger partial charge on any atom is 0.185 e. The van der Waals surface area contributed by atoms with Crippen LogP contribution in [-0.4, -0.2) is 19.0 Å². The number of halogens is 2. The number of carbonyl (C=O) groups is 1. The summed E-state index contributed by atoms with van der Waals surface area (Å²) in [6.45, 7) is 1.11. The molecule has 2 aromatic carbocycles. The highest BCUT2D eigenvalue weighted by molar-refractivity contribution is 6.32. The largest absolute Gasteiger partial charge is 0.489 e. The van der Waals surface area contributed by atoms with E-state index in [1.165, 1.54) is 24.3 Å². The fraction of sp³-hybridized carbons (Fsp3) is 0.167. The molecular formula is C18H14ClFO3. The monoisotopic (exact) mass is 332 g/mol. The summed E-state index contributed by atoms with van der Waals surface area (Å²) in [5, 5.41) is 0.433. The fourth-order valence-electron chi connectivity index (χ4n) is 2.26. The Bertz CT molecular complexity index is 771. The van der Waals surface area contributed by atoms with E-state index < -0.39 is 5.82 Å². The van der Waals surface area contributed by atoms with Crippen molar-refractivity contribution in [2.75, 3.05) is 13.2 Å². The van der Waals surface area contributed by atoms with Crippen molar-refractivity contribution in [3.05, 3.63) is 64.4 Å². The molecule has 1 aliphatic rings. The van der Waals surface area contributed by atoms with Crippen molar-refractivity contribution in [1.29, 1.82) is 0 Å². The van der Waals surface area contributed by atoms with Crippen LogP contribution in [0.2, 0.25) is 5.02 Å². The molecule has 5 heteroatoms. The molecule has 0 radical (unpaired) electrons. The standard InChI is InChI=1S/C18H14ClFO3/c19-15-9-12(10-17-18(15)23-8-2-7-22-17)5-6-16(21)13-3-1-4-14(20)11-13/h1,3-6,9-11H,2,7-8H2/b6-5+. The lowest BCUT2D eigenvalue weighted by Gasteiger charge is -2.09. The second-order valence-corrected chi connectivity index (χ2v) is 5.50. The van der Waals surface area contributed by atoms with Gasteiger partial charge < -0.3 is 9.47 Å². The Labute approximate surface area is 138 Å². The highest BCUT2D eigenvalue weighted by Crippen LogP contribution is 2.38. The van der Waals surface area contributed by atoms with Gasteiger partial charge in [-0.1, -0.05) is 29.8 Å². The summed E-state index contributed by atoms with van der Waals surface area (Å²) in [4.78, 5) is 12.1. The molecule has 0 spiro atoms. The average molecular weight is 333 g/mol. The first kappa shape index (κ1) is 15.6. The van der Waals surface area contributed by atoms with Crippen LogP contribution in [0.15, 0.2) is 42.5 Å². The lowest BCUT2D eigenvalue weighted by Crippen LogP contribution is -1.97. The smallest absolute Gasteiger partial charge is 0.185 e. The third-order valence-electron chi connectivity index (χ3n) is 3.36. The number of benzene rings is 2. The van der Waals surface area contributed by atoms with Crippen molar-refractivity contribution < 1.29 is 18.7 Å². The lowest BCUT2D eigenvalue weighted by atomic mass is 10.1. The minimum Gasteiger partial charge on any atom is -0.489 e. The number of ether oxygens (including phenoxy) is 2.